The van der Waals surface area contributed by atoms with E-state index in [1.54, 1.807) is 0 Å². The van der Waals surface area contributed by atoms with E-state index in [1.807, 2.05) is 24.3 Å². The van der Waals surface area contributed by atoms with Crippen molar-refractivity contribution >= 4 is 34.6 Å². The van der Waals surface area contributed by atoms with Crippen LogP contribution >= 0.6 is 11.6 Å². The molecule has 2 N–H and O–H groups in total. The quantitative estimate of drug-likeness (QED) is 0.563. The summed E-state index contributed by atoms with van der Waals surface area (Å²) in [5.74, 6) is 0.113. The van der Waals surface area contributed by atoms with E-state index in [9.17, 15) is 14.9 Å². The average Bonchev–Trinajstić information content (AvgIpc) is 2.68. The maximum Gasteiger partial charge on any atom is 0.279 e. The van der Waals surface area contributed by atoms with E-state index in [0.29, 0.717) is 17.3 Å². The summed E-state index contributed by atoms with van der Waals surface area (Å²) in [4.78, 5) is 26.2. The van der Waals surface area contributed by atoms with Gasteiger partial charge in [0.05, 0.1) is 50.0 Å². The van der Waals surface area contributed by atoms with Crippen LogP contribution in [0.4, 0.5) is 17.1 Å². The van der Waals surface area contributed by atoms with Gasteiger partial charge in [0.15, 0.2) is 6.54 Å². The Labute approximate surface area is 167 Å². The van der Waals surface area contributed by atoms with Crippen molar-refractivity contribution in [2.24, 2.45) is 0 Å². The number of hydrogen-bond acceptors (Lipinski definition) is 5. The molecule has 0 atom stereocenters. The number of carbonyl (C=O) groups is 1. The standard InChI is InChI=1S/C19H21ClN4O4/c1-28-18-12-16(24(26)27)5-6-17(18)21-19(25)13-22-7-9-23(10-8-22)15-4-2-3-14(20)11-15/h2-6,11-12H,7-10,13H2,1H3,(H,21,25)/p+1. The lowest BCUT2D eigenvalue weighted by molar-refractivity contribution is -0.892. The van der Waals surface area contributed by atoms with Crippen LogP contribution in [0.2, 0.25) is 5.02 Å². The first-order valence-corrected chi connectivity index (χ1v) is 9.30. The summed E-state index contributed by atoms with van der Waals surface area (Å²) in [5.41, 5.74) is 1.43. The average molecular weight is 406 g/mol. The minimum atomic E-state index is -0.502. The molecule has 0 bridgehead atoms. The molecule has 2 aromatic rings. The molecule has 0 spiro atoms. The van der Waals surface area contributed by atoms with Crippen LogP contribution in [-0.2, 0) is 4.79 Å². The lowest BCUT2D eigenvalue weighted by Gasteiger charge is -2.33. The Kier molecular flexibility index (Phi) is 6.33. The molecule has 0 radical (unpaired) electrons. The molecular weight excluding hydrogens is 384 g/mol. The van der Waals surface area contributed by atoms with Gasteiger partial charge in [-0.2, -0.15) is 0 Å². The highest BCUT2D eigenvalue weighted by Crippen LogP contribution is 2.28. The molecule has 1 aliphatic rings. The van der Waals surface area contributed by atoms with Crippen LogP contribution in [0.25, 0.3) is 0 Å². The fraction of sp³-hybridized carbons (Fsp3) is 0.316. The van der Waals surface area contributed by atoms with Gasteiger partial charge in [-0.1, -0.05) is 17.7 Å². The number of amides is 1. The first kappa shape index (κ1) is 19.9. The van der Waals surface area contributed by atoms with Crippen LogP contribution in [-0.4, -0.2) is 50.7 Å². The predicted molar refractivity (Wildman–Crippen MR) is 108 cm³/mol. The lowest BCUT2D eigenvalue weighted by atomic mass is 10.2. The maximum atomic E-state index is 12.4. The van der Waals surface area contributed by atoms with Gasteiger partial charge in [-0.3, -0.25) is 14.9 Å². The zero-order chi connectivity index (χ0) is 20.1. The SMILES string of the molecule is COc1cc([N+](=O)[O-])ccc1NC(=O)C[NH+]1CCN(c2cccc(Cl)c2)CC1. The summed E-state index contributed by atoms with van der Waals surface area (Å²) >= 11 is 6.06. The summed E-state index contributed by atoms with van der Waals surface area (Å²) in [6.45, 7) is 3.66. The number of carbonyl (C=O) groups excluding carboxylic acids is 1. The van der Waals surface area contributed by atoms with Crippen molar-refractivity contribution in [3.05, 3.63) is 57.6 Å². The number of rotatable bonds is 6. The Morgan fingerprint density at radius 2 is 2.04 bits per heavy atom. The van der Waals surface area contributed by atoms with E-state index in [0.717, 1.165) is 31.9 Å². The summed E-state index contributed by atoms with van der Waals surface area (Å²) in [6, 6.07) is 11.9. The number of non-ortho nitro benzene ring substituents is 1. The van der Waals surface area contributed by atoms with Gasteiger partial charge in [0, 0.05) is 16.8 Å². The van der Waals surface area contributed by atoms with E-state index in [1.165, 1.54) is 30.2 Å². The van der Waals surface area contributed by atoms with Gasteiger partial charge in [0.25, 0.3) is 11.6 Å². The third-order valence-corrected chi connectivity index (χ3v) is 4.96. The molecule has 1 fully saturated rings. The van der Waals surface area contributed by atoms with Crippen molar-refractivity contribution in [2.45, 2.75) is 0 Å². The number of nitrogens with zero attached hydrogens (tertiary/aromatic N) is 2. The van der Waals surface area contributed by atoms with Crippen molar-refractivity contribution in [1.82, 2.24) is 0 Å². The number of ether oxygens (including phenoxy) is 1. The van der Waals surface area contributed by atoms with Crippen LogP contribution < -0.4 is 19.9 Å². The Morgan fingerprint density at radius 3 is 2.68 bits per heavy atom. The number of quaternary nitrogens is 1. The molecular formula is C19H22ClN4O4+. The highest BCUT2D eigenvalue weighted by Gasteiger charge is 2.23. The predicted octanol–water partition coefficient (Wildman–Crippen LogP) is 1.60. The van der Waals surface area contributed by atoms with Crippen LogP contribution in [0.1, 0.15) is 0 Å². The van der Waals surface area contributed by atoms with E-state index < -0.39 is 4.92 Å². The Hall–Kier alpha value is -2.84. The zero-order valence-corrected chi connectivity index (χ0v) is 16.2. The minimum Gasteiger partial charge on any atom is -0.494 e. The van der Waals surface area contributed by atoms with Gasteiger partial charge in [-0.25, -0.2) is 0 Å². The van der Waals surface area contributed by atoms with E-state index in [2.05, 4.69) is 10.2 Å². The van der Waals surface area contributed by atoms with Crippen LogP contribution in [0.3, 0.4) is 0 Å². The van der Waals surface area contributed by atoms with Gasteiger partial charge in [-0.15, -0.1) is 0 Å². The molecule has 9 heteroatoms. The fourth-order valence-electron chi connectivity index (χ4n) is 3.25. The molecule has 3 rings (SSSR count). The number of methoxy groups -OCH3 is 1. The molecule has 1 aliphatic heterocycles. The topological polar surface area (TPSA) is 89.1 Å². The van der Waals surface area contributed by atoms with Gasteiger partial charge in [-0.05, 0) is 24.3 Å². The molecule has 1 heterocycles. The van der Waals surface area contributed by atoms with Crippen molar-refractivity contribution in [3.8, 4) is 5.75 Å². The molecule has 0 unspecified atom stereocenters. The smallest absolute Gasteiger partial charge is 0.279 e. The molecule has 1 amide bonds. The van der Waals surface area contributed by atoms with Gasteiger partial charge in [0.2, 0.25) is 0 Å². The molecule has 0 saturated carbocycles. The number of hydrogen-bond donors (Lipinski definition) is 2. The minimum absolute atomic E-state index is 0.0855. The number of halogens is 1. The first-order valence-electron chi connectivity index (χ1n) is 8.92. The summed E-state index contributed by atoms with van der Waals surface area (Å²) in [7, 11) is 1.41. The monoisotopic (exact) mass is 405 g/mol. The van der Waals surface area contributed by atoms with Gasteiger partial charge >= 0.3 is 0 Å². The van der Waals surface area contributed by atoms with Crippen molar-refractivity contribution < 1.29 is 19.4 Å². The third-order valence-electron chi connectivity index (χ3n) is 4.72. The van der Waals surface area contributed by atoms with Crippen LogP contribution in [0.5, 0.6) is 5.75 Å². The number of nitro groups is 1. The fourth-order valence-corrected chi connectivity index (χ4v) is 3.43. The normalized spacial score (nSPS) is 14.6. The zero-order valence-electron chi connectivity index (χ0n) is 15.5. The second kappa shape index (κ2) is 8.90. The van der Waals surface area contributed by atoms with E-state index in [-0.39, 0.29) is 17.3 Å². The number of nitro benzene ring substituents is 1. The highest BCUT2D eigenvalue weighted by molar-refractivity contribution is 6.30. The maximum absolute atomic E-state index is 12.4. The molecule has 0 aromatic heterocycles. The third kappa shape index (κ3) is 4.90. The van der Waals surface area contributed by atoms with Gasteiger partial charge in [0.1, 0.15) is 5.75 Å². The first-order chi connectivity index (χ1) is 13.5. The number of piperazine rings is 1. The Balaban J connectivity index is 1.54. The summed E-state index contributed by atoms with van der Waals surface area (Å²) in [5, 5.41) is 14.4. The second-order valence-electron chi connectivity index (χ2n) is 6.58. The number of anilines is 2. The number of nitrogens with one attached hydrogen (secondary N) is 2. The second-order valence-corrected chi connectivity index (χ2v) is 7.02. The van der Waals surface area contributed by atoms with Crippen molar-refractivity contribution in [3.63, 3.8) is 0 Å². The molecule has 148 valence electrons. The molecule has 0 aliphatic carbocycles. The van der Waals surface area contributed by atoms with Crippen molar-refractivity contribution in [2.75, 3.05) is 50.1 Å². The van der Waals surface area contributed by atoms with Crippen LogP contribution in [0, 0.1) is 10.1 Å². The van der Waals surface area contributed by atoms with Crippen LogP contribution in [0.15, 0.2) is 42.5 Å². The summed E-state index contributed by atoms with van der Waals surface area (Å²) in [6.07, 6.45) is 0. The van der Waals surface area contributed by atoms with Crippen molar-refractivity contribution in [1.29, 1.82) is 0 Å². The summed E-state index contributed by atoms with van der Waals surface area (Å²) < 4.78 is 5.16. The lowest BCUT2D eigenvalue weighted by Crippen LogP contribution is -3.15. The molecule has 1 saturated heterocycles. The Bertz CT molecular complexity index is 869. The molecule has 2 aromatic carbocycles. The Morgan fingerprint density at radius 1 is 1.29 bits per heavy atom. The van der Waals surface area contributed by atoms with E-state index in [4.69, 9.17) is 16.3 Å². The molecule has 8 nitrogen and oxygen atoms in total. The highest BCUT2D eigenvalue weighted by atomic mass is 35.5. The van der Waals surface area contributed by atoms with Gasteiger partial charge < -0.3 is 19.9 Å². The number of benzene rings is 2. The van der Waals surface area contributed by atoms with E-state index >= 15 is 0 Å². The largest absolute Gasteiger partial charge is 0.494 e. The molecule has 28 heavy (non-hydrogen) atoms.